The number of aryl methyl sites for hydroxylation is 1. The molecule has 0 unspecified atom stereocenters. The maximum atomic E-state index is 10.8. The topological polar surface area (TPSA) is 43.1 Å². The Morgan fingerprint density at radius 3 is 2.67 bits per heavy atom. The van der Waals surface area contributed by atoms with Crippen LogP contribution in [0.5, 0.6) is 0 Å². The highest BCUT2D eigenvalue weighted by Gasteiger charge is 1.99. The molecule has 1 aromatic carbocycles. The normalized spacial score (nSPS) is 9.83. The average Bonchev–Trinajstić information content (AvgIpc) is 1.96. The van der Waals surface area contributed by atoms with Crippen molar-refractivity contribution in [3.8, 4) is 0 Å². The Hall–Kier alpha value is -1.31. The molecule has 1 aromatic rings. The van der Waals surface area contributed by atoms with Crippen molar-refractivity contribution in [2.24, 2.45) is 0 Å². The van der Waals surface area contributed by atoms with Crippen LogP contribution in [0.3, 0.4) is 0 Å². The van der Waals surface area contributed by atoms with E-state index < -0.39 is 0 Å². The molecular weight excluding hydrogens is 150 g/mol. The second kappa shape index (κ2) is 3.39. The standard InChI is InChI=1S/C10H13NO/c1-7-3-4-9(5-8(2)12)6-10(7)11/h3-4,6H,5,11H2,1-2H3. The number of hydrogen-bond donors (Lipinski definition) is 1. The number of ketones is 1. The Balaban J connectivity index is 2.89. The number of anilines is 1. The molecule has 0 aliphatic rings. The molecule has 0 atom stereocenters. The number of nitrogen functional groups attached to an aromatic ring is 1. The molecule has 0 aliphatic heterocycles. The van der Waals surface area contributed by atoms with Gasteiger partial charge in [-0.25, -0.2) is 0 Å². The van der Waals surface area contributed by atoms with Crippen molar-refractivity contribution in [2.45, 2.75) is 20.3 Å². The summed E-state index contributed by atoms with van der Waals surface area (Å²) < 4.78 is 0. The van der Waals surface area contributed by atoms with Gasteiger partial charge in [0.2, 0.25) is 0 Å². The molecule has 2 nitrogen and oxygen atoms in total. The van der Waals surface area contributed by atoms with E-state index in [1.807, 2.05) is 25.1 Å². The number of carbonyl (C=O) groups is 1. The molecule has 0 saturated heterocycles. The highest BCUT2D eigenvalue weighted by Crippen LogP contribution is 2.13. The Bertz CT molecular complexity index is 305. The zero-order valence-corrected chi connectivity index (χ0v) is 7.42. The van der Waals surface area contributed by atoms with E-state index in [0.29, 0.717) is 6.42 Å². The molecule has 64 valence electrons. The zero-order valence-electron chi connectivity index (χ0n) is 7.42. The van der Waals surface area contributed by atoms with E-state index >= 15 is 0 Å². The average molecular weight is 163 g/mol. The van der Waals surface area contributed by atoms with Crippen LogP contribution in [-0.2, 0) is 11.2 Å². The van der Waals surface area contributed by atoms with Gasteiger partial charge in [-0.15, -0.1) is 0 Å². The van der Waals surface area contributed by atoms with Gasteiger partial charge in [0, 0.05) is 12.1 Å². The van der Waals surface area contributed by atoms with Crippen LogP contribution < -0.4 is 5.73 Å². The lowest BCUT2D eigenvalue weighted by molar-refractivity contribution is -0.116. The van der Waals surface area contributed by atoms with Crippen LogP contribution in [0.15, 0.2) is 18.2 Å². The molecule has 0 aliphatic carbocycles. The zero-order chi connectivity index (χ0) is 9.14. The maximum absolute atomic E-state index is 10.8. The van der Waals surface area contributed by atoms with Gasteiger partial charge in [-0.2, -0.15) is 0 Å². The van der Waals surface area contributed by atoms with Gasteiger partial charge in [-0.1, -0.05) is 12.1 Å². The first kappa shape index (κ1) is 8.78. The van der Waals surface area contributed by atoms with Crippen LogP contribution >= 0.6 is 0 Å². The van der Waals surface area contributed by atoms with E-state index in [2.05, 4.69) is 0 Å². The van der Waals surface area contributed by atoms with Crippen molar-refractivity contribution in [3.63, 3.8) is 0 Å². The highest BCUT2D eigenvalue weighted by atomic mass is 16.1. The lowest BCUT2D eigenvalue weighted by atomic mass is 10.1. The fourth-order valence-electron chi connectivity index (χ4n) is 1.09. The van der Waals surface area contributed by atoms with E-state index in [0.717, 1.165) is 16.8 Å². The van der Waals surface area contributed by atoms with E-state index in [4.69, 9.17) is 5.73 Å². The van der Waals surface area contributed by atoms with Crippen molar-refractivity contribution in [1.82, 2.24) is 0 Å². The van der Waals surface area contributed by atoms with Gasteiger partial charge in [0.25, 0.3) is 0 Å². The summed E-state index contributed by atoms with van der Waals surface area (Å²) in [4.78, 5) is 10.8. The van der Waals surface area contributed by atoms with Gasteiger partial charge in [0.15, 0.2) is 0 Å². The molecule has 2 N–H and O–H groups in total. The minimum absolute atomic E-state index is 0.165. The van der Waals surface area contributed by atoms with Crippen molar-refractivity contribution in [2.75, 3.05) is 5.73 Å². The van der Waals surface area contributed by atoms with E-state index in [-0.39, 0.29) is 5.78 Å². The largest absolute Gasteiger partial charge is 0.399 e. The van der Waals surface area contributed by atoms with Crippen molar-refractivity contribution < 1.29 is 4.79 Å². The Kier molecular flexibility index (Phi) is 2.48. The van der Waals surface area contributed by atoms with Crippen molar-refractivity contribution in [3.05, 3.63) is 29.3 Å². The van der Waals surface area contributed by atoms with E-state index in [9.17, 15) is 4.79 Å². The molecule has 0 fully saturated rings. The number of benzene rings is 1. The molecule has 2 heteroatoms. The summed E-state index contributed by atoms with van der Waals surface area (Å²) in [6, 6.07) is 5.73. The van der Waals surface area contributed by atoms with Gasteiger partial charge in [0.1, 0.15) is 5.78 Å². The number of hydrogen-bond acceptors (Lipinski definition) is 2. The molecule has 0 heterocycles. The lowest BCUT2D eigenvalue weighted by Crippen LogP contribution is -1.98. The second-order valence-corrected chi connectivity index (χ2v) is 3.07. The fraction of sp³-hybridized carbons (Fsp3) is 0.300. The lowest BCUT2D eigenvalue weighted by Gasteiger charge is -2.02. The number of rotatable bonds is 2. The smallest absolute Gasteiger partial charge is 0.134 e. The summed E-state index contributed by atoms with van der Waals surface area (Å²) in [5.74, 6) is 0.165. The van der Waals surface area contributed by atoms with Gasteiger partial charge in [0.05, 0.1) is 0 Å². The first-order valence-corrected chi connectivity index (χ1v) is 3.94. The van der Waals surface area contributed by atoms with Crippen LogP contribution in [0.1, 0.15) is 18.1 Å². The van der Waals surface area contributed by atoms with E-state index in [1.54, 1.807) is 6.92 Å². The molecular formula is C10H13NO. The molecule has 0 bridgehead atoms. The van der Waals surface area contributed by atoms with Gasteiger partial charge in [-0.05, 0) is 31.0 Å². The molecule has 0 amide bonds. The highest BCUT2D eigenvalue weighted by molar-refractivity contribution is 5.78. The summed E-state index contributed by atoms with van der Waals surface area (Å²) in [5, 5.41) is 0. The second-order valence-electron chi connectivity index (χ2n) is 3.07. The monoisotopic (exact) mass is 163 g/mol. The van der Waals surface area contributed by atoms with Crippen LogP contribution in [0, 0.1) is 6.92 Å². The molecule has 0 radical (unpaired) electrons. The minimum atomic E-state index is 0.165. The Labute approximate surface area is 72.4 Å². The summed E-state index contributed by atoms with van der Waals surface area (Å²) >= 11 is 0. The summed E-state index contributed by atoms with van der Waals surface area (Å²) in [6.07, 6.45) is 0.477. The maximum Gasteiger partial charge on any atom is 0.134 e. The minimum Gasteiger partial charge on any atom is -0.399 e. The molecule has 12 heavy (non-hydrogen) atoms. The third-order valence-electron chi connectivity index (χ3n) is 1.80. The summed E-state index contributed by atoms with van der Waals surface area (Å²) in [5.41, 5.74) is 8.49. The predicted octanol–water partition coefficient (Wildman–Crippen LogP) is 1.71. The third kappa shape index (κ3) is 2.09. The number of nitrogens with two attached hydrogens (primary N) is 1. The Morgan fingerprint density at radius 1 is 1.50 bits per heavy atom. The summed E-state index contributed by atoms with van der Waals surface area (Å²) in [7, 11) is 0. The quantitative estimate of drug-likeness (QED) is 0.674. The first-order chi connectivity index (χ1) is 5.59. The van der Waals surface area contributed by atoms with Crippen molar-refractivity contribution >= 4 is 11.5 Å². The van der Waals surface area contributed by atoms with Gasteiger partial charge < -0.3 is 5.73 Å². The Morgan fingerprint density at radius 2 is 2.17 bits per heavy atom. The van der Waals surface area contributed by atoms with Gasteiger partial charge in [-0.3, -0.25) is 4.79 Å². The number of carbonyl (C=O) groups excluding carboxylic acids is 1. The van der Waals surface area contributed by atoms with Crippen LogP contribution in [0.2, 0.25) is 0 Å². The SMILES string of the molecule is CC(=O)Cc1ccc(C)c(N)c1. The third-order valence-corrected chi connectivity index (χ3v) is 1.80. The summed E-state index contributed by atoms with van der Waals surface area (Å²) in [6.45, 7) is 3.53. The molecule has 0 aromatic heterocycles. The molecule has 0 saturated carbocycles. The van der Waals surface area contributed by atoms with Gasteiger partial charge >= 0.3 is 0 Å². The molecule has 0 spiro atoms. The first-order valence-electron chi connectivity index (χ1n) is 3.94. The van der Waals surface area contributed by atoms with Crippen LogP contribution in [0.4, 0.5) is 5.69 Å². The van der Waals surface area contributed by atoms with E-state index in [1.165, 1.54) is 0 Å². The predicted molar refractivity (Wildman–Crippen MR) is 50.0 cm³/mol. The van der Waals surface area contributed by atoms with Crippen LogP contribution in [-0.4, -0.2) is 5.78 Å². The number of Topliss-reactive ketones (excluding diaryl/α,β-unsaturated/α-hetero) is 1. The fourth-order valence-corrected chi connectivity index (χ4v) is 1.09. The van der Waals surface area contributed by atoms with Crippen LogP contribution in [0.25, 0.3) is 0 Å². The van der Waals surface area contributed by atoms with Crippen molar-refractivity contribution in [1.29, 1.82) is 0 Å². The molecule has 1 rings (SSSR count).